The van der Waals surface area contributed by atoms with Crippen LogP contribution >= 0.6 is 11.6 Å². The summed E-state index contributed by atoms with van der Waals surface area (Å²) >= 11 is 5.87. The molecule has 8 heteroatoms. The molecule has 1 heterocycles. The van der Waals surface area contributed by atoms with Gasteiger partial charge in [-0.05, 0) is 56.2 Å². The van der Waals surface area contributed by atoms with Crippen LogP contribution in [0.1, 0.15) is 29.8 Å². The second kappa shape index (κ2) is 7.89. The molecule has 1 aromatic heterocycles. The van der Waals surface area contributed by atoms with Crippen LogP contribution in [0, 0.1) is 0 Å². The summed E-state index contributed by atoms with van der Waals surface area (Å²) in [6, 6.07) is 6.65. The van der Waals surface area contributed by atoms with Gasteiger partial charge in [-0.15, -0.1) is 0 Å². The number of phenolic OH excluding ortho intramolecular Hbond substituents is 2. The van der Waals surface area contributed by atoms with E-state index in [1.807, 2.05) is 19.9 Å². The Labute approximate surface area is 170 Å². The first-order valence-electron chi connectivity index (χ1n) is 8.61. The SMILES string of the molecule is CC(C)=CCc1cc(C(=O)Nc2c([O-])c3ccc(O)c(Cl)c3oc2=O)ccc1O. The van der Waals surface area contributed by atoms with Crippen molar-refractivity contribution in [1.82, 2.24) is 0 Å². The largest absolute Gasteiger partial charge is 0.870 e. The van der Waals surface area contributed by atoms with E-state index in [2.05, 4.69) is 5.32 Å². The summed E-state index contributed by atoms with van der Waals surface area (Å²) in [4.78, 5) is 24.8. The van der Waals surface area contributed by atoms with Crippen LogP contribution in [0.25, 0.3) is 11.0 Å². The summed E-state index contributed by atoms with van der Waals surface area (Å²) in [7, 11) is 0. The van der Waals surface area contributed by atoms with Crippen molar-refractivity contribution in [3.63, 3.8) is 0 Å². The van der Waals surface area contributed by atoms with Crippen LogP contribution in [-0.2, 0) is 6.42 Å². The van der Waals surface area contributed by atoms with Gasteiger partial charge >= 0.3 is 5.63 Å². The second-order valence-corrected chi connectivity index (χ2v) is 7.03. The van der Waals surface area contributed by atoms with E-state index >= 15 is 0 Å². The number of phenols is 2. The minimum absolute atomic E-state index is 0.0308. The molecule has 0 spiro atoms. The molecule has 0 bridgehead atoms. The van der Waals surface area contributed by atoms with Crippen molar-refractivity contribution in [3.05, 3.63) is 68.6 Å². The van der Waals surface area contributed by atoms with Gasteiger partial charge < -0.3 is 25.1 Å². The number of benzene rings is 2. The Morgan fingerprint density at radius 2 is 1.90 bits per heavy atom. The van der Waals surface area contributed by atoms with E-state index in [0.717, 1.165) is 5.57 Å². The molecule has 0 radical (unpaired) electrons. The number of hydrogen-bond donors (Lipinski definition) is 3. The molecule has 0 saturated carbocycles. The quantitative estimate of drug-likeness (QED) is 0.442. The minimum atomic E-state index is -1.09. The number of carbonyl (C=O) groups excluding carboxylic acids is 1. The molecule has 2 aromatic carbocycles. The number of allylic oxidation sites excluding steroid dienone is 2. The molecule has 3 rings (SSSR count). The van der Waals surface area contributed by atoms with Gasteiger partial charge in [0.2, 0.25) is 0 Å². The maximum Gasteiger partial charge on any atom is 0.359 e. The Morgan fingerprint density at radius 3 is 2.59 bits per heavy atom. The van der Waals surface area contributed by atoms with Crippen LogP contribution < -0.4 is 16.0 Å². The van der Waals surface area contributed by atoms with E-state index < -0.39 is 23.0 Å². The van der Waals surface area contributed by atoms with E-state index in [1.165, 1.54) is 30.3 Å². The number of anilines is 1. The molecule has 1 amide bonds. The van der Waals surface area contributed by atoms with Gasteiger partial charge in [-0.2, -0.15) is 0 Å². The van der Waals surface area contributed by atoms with Crippen LogP contribution in [0.2, 0.25) is 5.02 Å². The molecule has 0 aliphatic heterocycles. The fourth-order valence-corrected chi connectivity index (χ4v) is 2.90. The van der Waals surface area contributed by atoms with Crippen LogP contribution in [0.15, 0.2) is 51.2 Å². The Hall–Kier alpha value is -3.45. The van der Waals surface area contributed by atoms with Gasteiger partial charge in [-0.1, -0.05) is 29.0 Å². The number of rotatable bonds is 4. The zero-order valence-corrected chi connectivity index (χ0v) is 16.3. The highest BCUT2D eigenvalue weighted by molar-refractivity contribution is 6.36. The van der Waals surface area contributed by atoms with Gasteiger partial charge in [0.15, 0.2) is 5.58 Å². The third kappa shape index (κ3) is 4.05. The first kappa shape index (κ1) is 20.3. The predicted molar refractivity (Wildman–Crippen MR) is 108 cm³/mol. The Kier molecular flexibility index (Phi) is 5.52. The zero-order valence-electron chi connectivity index (χ0n) is 15.6. The molecule has 0 saturated heterocycles. The molecule has 29 heavy (non-hydrogen) atoms. The molecular formula is C21H17ClNO6-. The van der Waals surface area contributed by atoms with E-state index in [0.29, 0.717) is 12.0 Å². The lowest BCUT2D eigenvalue weighted by Gasteiger charge is -2.16. The van der Waals surface area contributed by atoms with Crippen molar-refractivity contribution in [2.24, 2.45) is 0 Å². The summed E-state index contributed by atoms with van der Waals surface area (Å²) in [6.45, 7) is 3.82. The van der Waals surface area contributed by atoms with Crippen molar-refractivity contribution >= 4 is 34.2 Å². The van der Waals surface area contributed by atoms with Crippen LogP contribution in [0.3, 0.4) is 0 Å². The highest BCUT2D eigenvalue weighted by atomic mass is 35.5. The number of amides is 1. The fraction of sp³-hybridized carbons (Fsp3) is 0.143. The number of halogens is 1. The molecule has 0 atom stereocenters. The van der Waals surface area contributed by atoms with Crippen molar-refractivity contribution in [1.29, 1.82) is 0 Å². The van der Waals surface area contributed by atoms with Crippen molar-refractivity contribution in [2.45, 2.75) is 20.3 Å². The first-order valence-corrected chi connectivity index (χ1v) is 8.98. The average molecular weight is 415 g/mol. The van der Waals surface area contributed by atoms with E-state index in [-0.39, 0.29) is 33.1 Å². The summed E-state index contributed by atoms with van der Waals surface area (Å²) in [6.07, 6.45) is 2.31. The normalized spacial score (nSPS) is 10.7. The van der Waals surface area contributed by atoms with Gasteiger partial charge in [0, 0.05) is 10.9 Å². The van der Waals surface area contributed by atoms with E-state index in [4.69, 9.17) is 16.0 Å². The number of carbonyl (C=O) groups is 1. The van der Waals surface area contributed by atoms with Crippen molar-refractivity contribution < 1.29 is 24.5 Å². The van der Waals surface area contributed by atoms with Crippen LogP contribution in [-0.4, -0.2) is 16.1 Å². The molecular weight excluding hydrogens is 398 g/mol. The molecule has 0 aliphatic carbocycles. The maximum atomic E-state index is 12.6. The van der Waals surface area contributed by atoms with Gasteiger partial charge in [0.25, 0.3) is 5.91 Å². The highest BCUT2D eigenvalue weighted by Gasteiger charge is 2.16. The Balaban J connectivity index is 1.98. The lowest BCUT2D eigenvalue weighted by molar-refractivity contribution is -0.264. The Morgan fingerprint density at radius 1 is 1.21 bits per heavy atom. The third-order valence-corrected chi connectivity index (χ3v) is 4.62. The van der Waals surface area contributed by atoms with Gasteiger partial charge in [0.05, 0.1) is 0 Å². The van der Waals surface area contributed by atoms with Crippen molar-refractivity contribution in [3.8, 4) is 17.2 Å². The van der Waals surface area contributed by atoms with Crippen LogP contribution in [0.5, 0.6) is 17.2 Å². The molecule has 3 N–H and O–H groups in total. The lowest BCUT2D eigenvalue weighted by Crippen LogP contribution is -2.20. The summed E-state index contributed by atoms with van der Waals surface area (Å²) in [5.41, 5.74) is -0.186. The average Bonchev–Trinajstić information content (AvgIpc) is 2.67. The number of nitrogens with one attached hydrogen (secondary N) is 1. The summed E-state index contributed by atoms with van der Waals surface area (Å²) in [5.74, 6) is -1.80. The topological polar surface area (TPSA) is 123 Å². The third-order valence-electron chi connectivity index (χ3n) is 4.26. The second-order valence-electron chi connectivity index (χ2n) is 6.65. The number of fused-ring (bicyclic) bond motifs is 1. The molecule has 0 aliphatic rings. The summed E-state index contributed by atoms with van der Waals surface area (Å²) < 4.78 is 5.02. The molecule has 0 fully saturated rings. The number of hydrogen-bond acceptors (Lipinski definition) is 6. The zero-order chi connectivity index (χ0) is 21.3. The number of aromatic hydroxyl groups is 2. The fourth-order valence-electron chi connectivity index (χ4n) is 2.69. The summed E-state index contributed by atoms with van der Waals surface area (Å²) in [5, 5.41) is 34.1. The highest BCUT2D eigenvalue weighted by Crippen LogP contribution is 2.36. The molecule has 150 valence electrons. The molecule has 3 aromatic rings. The Bertz CT molecular complexity index is 1210. The predicted octanol–water partition coefficient (Wildman–Crippen LogP) is 3.69. The monoisotopic (exact) mass is 414 g/mol. The van der Waals surface area contributed by atoms with Crippen LogP contribution in [0.4, 0.5) is 5.69 Å². The maximum absolute atomic E-state index is 12.6. The van der Waals surface area contributed by atoms with E-state index in [9.17, 15) is 24.9 Å². The van der Waals surface area contributed by atoms with Gasteiger partial charge in [-0.3, -0.25) is 4.79 Å². The van der Waals surface area contributed by atoms with E-state index in [1.54, 1.807) is 0 Å². The standard InChI is InChI=1S/C21H18ClNO6/c1-10(2)3-4-11-9-12(5-7-14(11)24)20(27)23-17-18(26)13-6-8-15(25)16(22)19(13)29-21(17)28/h3,5-9,24-26H,4H2,1-2H3,(H,23,27)/p-1. The smallest absolute Gasteiger partial charge is 0.359 e. The lowest BCUT2D eigenvalue weighted by atomic mass is 10.0. The van der Waals surface area contributed by atoms with Gasteiger partial charge in [-0.25, -0.2) is 4.79 Å². The van der Waals surface area contributed by atoms with Crippen molar-refractivity contribution in [2.75, 3.05) is 5.32 Å². The first-order chi connectivity index (χ1) is 13.7. The molecule has 7 nitrogen and oxygen atoms in total. The molecule has 0 unspecified atom stereocenters. The minimum Gasteiger partial charge on any atom is -0.870 e. The van der Waals surface area contributed by atoms with Gasteiger partial charge in [0.1, 0.15) is 22.2 Å².